The largest absolute Gasteiger partial charge is 0.494 e. The van der Waals surface area contributed by atoms with Crippen LogP contribution in [0, 0.1) is 29.0 Å². The maximum Gasteiger partial charge on any atom is 0.343 e. The van der Waals surface area contributed by atoms with Crippen LogP contribution < -0.4 is 9.47 Å². The van der Waals surface area contributed by atoms with Crippen molar-refractivity contribution in [1.29, 1.82) is 5.26 Å². The Bertz CT molecular complexity index is 911. The second kappa shape index (κ2) is 12.2. The molecule has 0 spiro atoms. The third kappa shape index (κ3) is 7.09. The smallest absolute Gasteiger partial charge is 0.343 e. The van der Waals surface area contributed by atoms with Crippen molar-refractivity contribution in [3.8, 4) is 17.6 Å². The van der Waals surface area contributed by atoms with Crippen LogP contribution in [-0.2, 0) is 0 Å². The molecule has 0 unspecified atom stereocenters. The first-order valence-electron chi connectivity index (χ1n) is 11.7. The van der Waals surface area contributed by atoms with Crippen molar-refractivity contribution in [1.82, 2.24) is 0 Å². The summed E-state index contributed by atoms with van der Waals surface area (Å²) < 4.78 is 24.8. The van der Waals surface area contributed by atoms with Crippen LogP contribution in [0.3, 0.4) is 0 Å². The van der Waals surface area contributed by atoms with Crippen LogP contribution in [0.15, 0.2) is 42.5 Å². The summed E-state index contributed by atoms with van der Waals surface area (Å²) in [6, 6.07) is 12.2. The first-order valence-corrected chi connectivity index (χ1v) is 11.7. The molecule has 0 heterocycles. The van der Waals surface area contributed by atoms with Gasteiger partial charge in [0.25, 0.3) is 0 Å². The fourth-order valence-corrected chi connectivity index (χ4v) is 4.36. The van der Waals surface area contributed by atoms with Gasteiger partial charge in [-0.1, -0.05) is 51.9 Å². The van der Waals surface area contributed by atoms with E-state index in [1.54, 1.807) is 24.3 Å². The number of esters is 1. The van der Waals surface area contributed by atoms with Gasteiger partial charge in [-0.15, -0.1) is 0 Å². The summed E-state index contributed by atoms with van der Waals surface area (Å²) in [5, 5.41) is 8.78. The molecule has 0 atom stereocenters. The third-order valence-electron chi connectivity index (χ3n) is 6.31. The molecular weight excluding hydrogens is 405 g/mol. The number of ether oxygens (including phenoxy) is 2. The molecule has 2 aromatic carbocycles. The lowest BCUT2D eigenvalue weighted by Gasteiger charge is -2.28. The highest BCUT2D eigenvalue weighted by atomic mass is 19.1. The number of rotatable bonds is 10. The Morgan fingerprint density at radius 1 is 1.03 bits per heavy atom. The summed E-state index contributed by atoms with van der Waals surface area (Å²) in [5.74, 6) is 0.877. The average Bonchev–Trinajstić information content (AvgIpc) is 2.82. The lowest BCUT2D eigenvalue weighted by atomic mass is 9.78. The monoisotopic (exact) mass is 437 g/mol. The number of unbranched alkanes of at least 4 members (excludes halogenated alkanes) is 1. The number of nitrogens with zero attached hydrogens (tertiary/aromatic N) is 1. The SMILES string of the molecule is CCCCC1CCC(CCCOc2ccc(C(=O)Oc3ccc(C#N)cc3F)cc2)CC1. The molecule has 0 amide bonds. The summed E-state index contributed by atoms with van der Waals surface area (Å²) in [4.78, 5) is 12.3. The molecule has 0 bridgehead atoms. The Balaban J connectivity index is 1.38. The highest BCUT2D eigenvalue weighted by Gasteiger charge is 2.20. The number of carbonyl (C=O) groups is 1. The van der Waals surface area contributed by atoms with Gasteiger partial charge in [0.05, 0.1) is 23.8 Å². The van der Waals surface area contributed by atoms with Gasteiger partial charge in [0.1, 0.15) is 5.75 Å². The molecule has 2 aromatic rings. The van der Waals surface area contributed by atoms with Gasteiger partial charge < -0.3 is 9.47 Å². The summed E-state index contributed by atoms with van der Waals surface area (Å²) in [7, 11) is 0. The van der Waals surface area contributed by atoms with E-state index in [9.17, 15) is 9.18 Å². The average molecular weight is 438 g/mol. The van der Waals surface area contributed by atoms with E-state index in [-0.39, 0.29) is 11.3 Å². The van der Waals surface area contributed by atoms with Crippen molar-refractivity contribution in [3.05, 3.63) is 59.4 Å². The van der Waals surface area contributed by atoms with Crippen molar-refractivity contribution in [2.24, 2.45) is 11.8 Å². The van der Waals surface area contributed by atoms with E-state index in [4.69, 9.17) is 14.7 Å². The van der Waals surface area contributed by atoms with Crippen molar-refractivity contribution in [3.63, 3.8) is 0 Å². The number of benzene rings is 2. The highest BCUT2D eigenvalue weighted by molar-refractivity contribution is 5.91. The first-order chi connectivity index (χ1) is 15.6. The Morgan fingerprint density at radius 3 is 2.28 bits per heavy atom. The van der Waals surface area contributed by atoms with Crippen LogP contribution in [0.1, 0.15) is 80.6 Å². The molecule has 0 saturated heterocycles. The van der Waals surface area contributed by atoms with E-state index >= 15 is 0 Å². The minimum absolute atomic E-state index is 0.170. The summed E-state index contributed by atoms with van der Waals surface area (Å²) in [6.45, 7) is 2.93. The molecule has 5 heteroatoms. The van der Waals surface area contributed by atoms with Crippen LogP contribution in [0.2, 0.25) is 0 Å². The molecular formula is C27H32FNO3. The zero-order valence-corrected chi connectivity index (χ0v) is 18.8. The van der Waals surface area contributed by atoms with Crippen LogP contribution in [0.5, 0.6) is 11.5 Å². The minimum atomic E-state index is -0.744. The molecule has 170 valence electrons. The van der Waals surface area contributed by atoms with Gasteiger partial charge in [0.15, 0.2) is 11.6 Å². The van der Waals surface area contributed by atoms with Gasteiger partial charge in [-0.25, -0.2) is 9.18 Å². The van der Waals surface area contributed by atoms with E-state index in [1.165, 1.54) is 63.5 Å². The van der Waals surface area contributed by atoms with E-state index in [2.05, 4.69) is 6.92 Å². The predicted octanol–water partition coefficient (Wildman–Crippen LogP) is 7.07. The molecule has 1 aliphatic rings. The van der Waals surface area contributed by atoms with Gasteiger partial charge in [0, 0.05) is 0 Å². The molecule has 0 radical (unpaired) electrons. The molecule has 0 aliphatic heterocycles. The van der Waals surface area contributed by atoms with Crippen LogP contribution in [0.4, 0.5) is 4.39 Å². The van der Waals surface area contributed by atoms with E-state index < -0.39 is 11.8 Å². The number of hydrogen-bond acceptors (Lipinski definition) is 4. The molecule has 1 saturated carbocycles. The van der Waals surface area contributed by atoms with Crippen LogP contribution in [-0.4, -0.2) is 12.6 Å². The van der Waals surface area contributed by atoms with E-state index in [0.29, 0.717) is 17.9 Å². The zero-order valence-electron chi connectivity index (χ0n) is 18.8. The van der Waals surface area contributed by atoms with Crippen molar-refractivity contribution >= 4 is 5.97 Å². The van der Waals surface area contributed by atoms with Gasteiger partial charge in [-0.2, -0.15) is 5.26 Å². The Morgan fingerprint density at radius 2 is 1.69 bits per heavy atom. The van der Waals surface area contributed by atoms with Gasteiger partial charge in [-0.05, 0) is 67.1 Å². The number of hydrogen-bond donors (Lipinski definition) is 0. The van der Waals surface area contributed by atoms with Crippen LogP contribution in [0.25, 0.3) is 0 Å². The van der Waals surface area contributed by atoms with Crippen molar-refractivity contribution in [2.45, 2.75) is 64.7 Å². The van der Waals surface area contributed by atoms with Crippen LogP contribution >= 0.6 is 0 Å². The maximum absolute atomic E-state index is 13.9. The van der Waals surface area contributed by atoms with Gasteiger partial charge >= 0.3 is 5.97 Å². The summed E-state index contributed by atoms with van der Waals surface area (Å²) in [6.07, 6.45) is 11.8. The molecule has 1 fully saturated rings. The fraction of sp³-hybridized carbons (Fsp3) is 0.481. The Kier molecular flexibility index (Phi) is 9.10. The molecule has 4 nitrogen and oxygen atoms in total. The Hall–Kier alpha value is -2.87. The predicted molar refractivity (Wildman–Crippen MR) is 122 cm³/mol. The lowest BCUT2D eigenvalue weighted by molar-refractivity contribution is 0.0728. The van der Waals surface area contributed by atoms with Gasteiger partial charge in [-0.3, -0.25) is 0 Å². The zero-order chi connectivity index (χ0) is 22.8. The first kappa shape index (κ1) is 23.8. The normalized spacial score (nSPS) is 18.0. The molecule has 0 aromatic heterocycles. The molecule has 1 aliphatic carbocycles. The third-order valence-corrected chi connectivity index (χ3v) is 6.31. The number of carbonyl (C=O) groups excluding carboxylic acids is 1. The van der Waals surface area contributed by atoms with Crippen molar-refractivity contribution < 1.29 is 18.7 Å². The molecule has 3 rings (SSSR count). The summed E-state index contributed by atoms with van der Waals surface area (Å²) >= 11 is 0. The standard InChI is InChI=1S/C27H32FNO3/c1-2-3-5-20-7-9-21(10-8-20)6-4-17-31-24-14-12-23(13-15-24)27(30)32-26-16-11-22(19-29)18-25(26)28/h11-16,18,20-21H,2-10,17H2,1H3. The van der Waals surface area contributed by atoms with E-state index in [1.807, 2.05) is 6.07 Å². The van der Waals surface area contributed by atoms with E-state index in [0.717, 1.165) is 24.3 Å². The maximum atomic E-state index is 13.9. The fourth-order valence-electron chi connectivity index (χ4n) is 4.36. The molecule has 0 N–H and O–H groups in total. The topological polar surface area (TPSA) is 59.3 Å². The minimum Gasteiger partial charge on any atom is -0.494 e. The summed E-state index contributed by atoms with van der Waals surface area (Å²) in [5.41, 5.74) is 0.476. The van der Waals surface area contributed by atoms with Crippen molar-refractivity contribution in [2.75, 3.05) is 6.61 Å². The van der Waals surface area contributed by atoms with Gasteiger partial charge in [0.2, 0.25) is 0 Å². The quantitative estimate of drug-likeness (QED) is 0.226. The highest BCUT2D eigenvalue weighted by Crippen LogP contribution is 2.34. The molecule has 32 heavy (non-hydrogen) atoms. The second-order valence-corrected chi connectivity index (χ2v) is 8.69. The number of nitriles is 1. The Labute approximate surface area is 190 Å². The lowest BCUT2D eigenvalue weighted by Crippen LogP contribution is -2.15. The number of halogens is 1. The second-order valence-electron chi connectivity index (χ2n) is 8.69.